The van der Waals surface area contributed by atoms with Gasteiger partial charge in [0.1, 0.15) is 0 Å². The molecular formula is C23H31NO. The average Bonchev–Trinajstić information content (AvgIpc) is 3.19. The molecule has 1 heterocycles. The number of hydrogen-bond acceptors (Lipinski definition) is 2. The molecule has 1 saturated heterocycles. The lowest BCUT2D eigenvalue weighted by Crippen LogP contribution is -2.50. The molecule has 2 heteroatoms. The second kappa shape index (κ2) is 6.39. The molecule has 0 amide bonds. The molecule has 0 saturated carbocycles. The number of ketones is 1. The average molecular weight is 338 g/mol. The first-order chi connectivity index (χ1) is 12.0. The van der Waals surface area contributed by atoms with Crippen LogP contribution in [0.1, 0.15) is 68.3 Å². The summed E-state index contributed by atoms with van der Waals surface area (Å²) in [5.74, 6) is 1.18. The summed E-state index contributed by atoms with van der Waals surface area (Å²) in [5, 5.41) is 0. The van der Waals surface area contributed by atoms with Gasteiger partial charge in [-0.1, -0.05) is 50.3 Å². The lowest BCUT2D eigenvalue weighted by atomic mass is 9.60. The Kier molecular flexibility index (Phi) is 4.35. The van der Waals surface area contributed by atoms with E-state index in [0.717, 1.165) is 37.4 Å². The van der Waals surface area contributed by atoms with Crippen LogP contribution in [0.5, 0.6) is 0 Å². The number of carbonyl (C=O) groups is 1. The van der Waals surface area contributed by atoms with Crippen molar-refractivity contribution in [3.8, 4) is 0 Å². The van der Waals surface area contributed by atoms with Crippen LogP contribution >= 0.6 is 0 Å². The van der Waals surface area contributed by atoms with Crippen LogP contribution in [0.25, 0.3) is 0 Å². The Labute approximate surface area is 152 Å². The van der Waals surface area contributed by atoms with Crippen LogP contribution in [0.15, 0.2) is 36.4 Å². The van der Waals surface area contributed by atoms with Crippen LogP contribution in [0.3, 0.4) is 0 Å². The van der Waals surface area contributed by atoms with E-state index >= 15 is 0 Å². The summed E-state index contributed by atoms with van der Waals surface area (Å²) in [6.07, 6.45) is 12.3. The van der Waals surface area contributed by atoms with E-state index in [1.807, 2.05) is 12.1 Å². The largest absolute Gasteiger partial charge is 0.303 e. The minimum atomic E-state index is -0.266. The Morgan fingerprint density at radius 2 is 1.92 bits per heavy atom. The highest BCUT2D eigenvalue weighted by Gasteiger charge is 2.57. The van der Waals surface area contributed by atoms with Gasteiger partial charge in [0.05, 0.1) is 0 Å². The second-order valence-electron chi connectivity index (χ2n) is 8.83. The zero-order chi connectivity index (χ0) is 17.5. The molecule has 0 aromatic heterocycles. The molecule has 1 aromatic carbocycles. The van der Waals surface area contributed by atoms with E-state index < -0.39 is 0 Å². The number of fused-ring (bicyclic) bond motifs is 2. The van der Waals surface area contributed by atoms with Gasteiger partial charge in [-0.15, -0.1) is 0 Å². The van der Waals surface area contributed by atoms with Gasteiger partial charge in [0, 0.05) is 16.4 Å². The number of hydrogen-bond donors (Lipinski definition) is 0. The zero-order valence-corrected chi connectivity index (χ0v) is 15.8. The smallest absolute Gasteiger partial charge is 0.169 e. The summed E-state index contributed by atoms with van der Waals surface area (Å²) in [7, 11) is 0. The number of allylic oxidation sites excluding steroid dienone is 2. The van der Waals surface area contributed by atoms with E-state index in [1.54, 1.807) is 0 Å². The van der Waals surface area contributed by atoms with Gasteiger partial charge in [-0.05, 0) is 69.6 Å². The molecule has 4 rings (SSSR count). The van der Waals surface area contributed by atoms with Crippen LogP contribution in [-0.2, 0) is 5.41 Å². The van der Waals surface area contributed by atoms with Gasteiger partial charge in [-0.3, -0.25) is 4.79 Å². The lowest BCUT2D eigenvalue weighted by Gasteiger charge is -2.47. The van der Waals surface area contributed by atoms with Crippen molar-refractivity contribution in [2.75, 3.05) is 19.6 Å². The molecule has 25 heavy (non-hydrogen) atoms. The predicted molar refractivity (Wildman–Crippen MR) is 103 cm³/mol. The van der Waals surface area contributed by atoms with Crippen LogP contribution in [0.4, 0.5) is 0 Å². The maximum absolute atomic E-state index is 13.0. The van der Waals surface area contributed by atoms with Crippen LogP contribution < -0.4 is 0 Å². The van der Waals surface area contributed by atoms with E-state index in [0.29, 0.717) is 5.78 Å². The molecule has 3 aliphatic rings. The van der Waals surface area contributed by atoms with Crippen LogP contribution in [0, 0.1) is 11.3 Å². The van der Waals surface area contributed by atoms with Gasteiger partial charge >= 0.3 is 0 Å². The molecule has 2 aliphatic carbocycles. The van der Waals surface area contributed by atoms with Crippen molar-refractivity contribution in [1.82, 2.24) is 4.90 Å². The highest BCUT2D eigenvalue weighted by molar-refractivity contribution is 6.06. The number of benzene rings is 1. The van der Waals surface area contributed by atoms with Crippen molar-refractivity contribution in [2.45, 2.75) is 57.8 Å². The Morgan fingerprint density at radius 1 is 1.16 bits per heavy atom. The molecule has 2 nitrogen and oxygen atoms in total. The van der Waals surface area contributed by atoms with Crippen molar-refractivity contribution in [3.05, 3.63) is 47.5 Å². The Hall–Kier alpha value is -1.41. The second-order valence-corrected chi connectivity index (χ2v) is 8.83. The van der Waals surface area contributed by atoms with E-state index in [2.05, 4.69) is 43.0 Å². The van der Waals surface area contributed by atoms with Crippen LogP contribution in [0.2, 0.25) is 0 Å². The number of Topliss-reactive ketones (excluding diaryl/α,β-unsaturated/α-hetero) is 1. The maximum atomic E-state index is 13.0. The molecule has 1 aromatic rings. The molecule has 134 valence electrons. The number of carbonyl (C=O) groups excluding carboxylic acids is 1. The highest BCUT2D eigenvalue weighted by Crippen LogP contribution is 2.56. The molecule has 0 radical (unpaired) electrons. The Bertz CT molecular complexity index is 679. The third kappa shape index (κ3) is 2.70. The third-order valence-corrected chi connectivity index (χ3v) is 7.32. The lowest BCUT2D eigenvalue weighted by molar-refractivity contribution is 0.0546. The predicted octanol–water partition coefficient (Wildman–Crippen LogP) is 4.99. The van der Waals surface area contributed by atoms with Gasteiger partial charge in [0.2, 0.25) is 0 Å². The summed E-state index contributed by atoms with van der Waals surface area (Å²) in [6, 6.07) is 8.37. The summed E-state index contributed by atoms with van der Waals surface area (Å²) < 4.78 is 0. The van der Waals surface area contributed by atoms with Crippen molar-refractivity contribution >= 4 is 5.78 Å². The monoisotopic (exact) mass is 337 g/mol. The first-order valence-corrected chi connectivity index (χ1v) is 10.1. The topological polar surface area (TPSA) is 20.3 Å². The molecule has 1 aliphatic heterocycles. The van der Waals surface area contributed by atoms with Crippen molar-refractivity contribution in [2.24, 2.45) is 11.3 Å². The standard InChI is InChI=1S/C23H31NO/c1-22(2)21(25)19-11-5-6-12-20(19)23(22)13-16-24(17-14-23)15-7-10-18-8-3-4-9-18/h3,5-6,8,11-12,18H,4,7,9-10,13-17H2,1-2H3/t18-/m1/s1. The summed E-state index contributed by atoms with van der Waals surface area (Å²) in [4.78, 5) is 15.6. The quantitative estimate of drug-likeness (QED) is 0.722. The number of rotatable bonds is 4. The van der Waals surface area contributed by atoms with Gasteiger partial charge in [0.15, 0.2) is 5.78 Å². The zero-order valence-electron chi connectivity index (χ0n) is 15.8. The summed E-state index contributed by atoms with van der Waals surface area (Å²) in [5.41, 5.74) is 2.08. The van der Waals surface area contributed by atoms with Crippen molar-refractivity contribution in [3.63, 3.8) is 0 Å². The minimum absolute atomic E-state index is 0.0470. The highest BCUT2D eigenvalue weighted by atomic mass is 16.1. The SMILES string of the molecule is CC1(C)C(=O)c2ccccc2C12CCN(CCC[C@@H]1C=CCC1)CC2. The Balaban J connectivity index is 1.42. The fourth-order valence-corrected chi connectivity index (χ4v) is 5.55. The van der Waals surface area contributed by atoms with E-state index in [4.69, 9.17) is 0 Å². The normalized spacial score (nSPS) is 27.1. The number of piperidine rings is 1. The first-order valence-electron chi connectivity index (χ1n) is 10.1. The number of nitrogens with zero attached hydrogens (tertiary/aromatic N) is 1. The summed E-state index contributed by atoms with van der Waals surface area (Å²) >= 11 is 0. The van der Waals surface area contributed by atoms with Gasteiger partial charge in [0.25, 0.3) is 0 Å². The Morgan fingerprint density at radius 3 is 2.64 bits per heavy atom. The fraction of sp³-hybridized carbons (Fsp3) is 0.609. The molecule has 0 N–H and O–H groups in total. The fourth-order valence-electron chi connectivity index (χ4n) is 5.55. The third-order valence-electron chi connectivity index (χ3n) is 7.32. The van der Waals surface area contributed by atoms with E-state index in [-0.39, 0.29) is 10.8 Å². The van der Waals surface area contributed by atoms with Crippen molar-refractivity contribution < 1.29 is 4.79 Å². The molecule has 1 atom stereocenters. The molecule has 0 unspecified atom stereocenters. The van der Waals surface area contributed by atoms with Crippen molar-refractivity contribution in [1.29, 1.82) is 0 Å². The van der Waals surface area contributed by atoms with Crippen LogP contribution in [-0.4, -0.2) is 30.3 Å². The minimum Gasteiger partial charge on any atom is -0.303 e. The van der Waals surface area contributed by atoms with E-state index in [9.17, 15) is 4.79 Å². The molecular weight excluding hydrogens is 306 g/mol. The van der Waals surface area contributed by atoms with E-state index in [1.165, 1.54) is 37.8 Å². The molecule has 1 fully saturated rings. The maximum Gasteiger partial charge on any atom is 0.169 e. The van der Waals surface area contributed by atoms with Gasteiger partial charge in [-0.25, -0.2) is 0 Å². The van der Waals surface area contributed by atoms with Gasteiger partial charge < -0.3 is 4.90 Å². The van der Waals surface area contributed by atoms with Gasteiger partial charge in [-0.2, -0.15) is 0 Å². The summed E-state index contributed by atoms with van der Waals surface area (Å²) in [6.45, 7) is 7.84. The number of likely N-dealkylation sites (tertiary alicyclic amines) is 1. The molecule has 1 spiro atoms. The molecule has 0 bridgehead atoms. The first kappa shape index (κ1) is 17.0.